The van der Waals surface area contributed by atoms with Crippen LogP contribution in [0.2, 0.25) is 0 Å². The van der Waals surface area contributed by atoms with Gasteiger partial charge in [0.05, 0.1) is 11.7 Å². The zero-order valence-corrected chi connectivity index (χ0v) is 12.7. The molecule has 0 radical (unpaired) electrons. The highest BCUT2D eigenvalue weighted by Crippen LogP contribution is 2.34. The van der Waals surface area contributed by atoms with Gasteiger partial charge in [0.1, 0.15) is 0 Å². The van der Waals surface area contributed by atoms with E-state index < -0.39 is 0 Å². The second-order valence-corrected chi connectivity index (χ2v) is 5.28. The summed E-state index contributed by atoms with van der Waals surface area (Å²) in [5.41, 5.74) is 10.5. The van der Waals surface area contributed by atoms with Crippen LogP contribution in [0.5, 0.6) is 0 Å². The maximum absolute atomic E-state index is 5.85. The number of aliphatic imine (C=N–C) groups is 1. The van der Waals surface area contributed by atoms with Gasteiger partial charge in [0.25, 0.3) is 0 Å². The number of hydrogen-bond acceptors (Lipinski definition) is 2. The molecule has 0 aliphatic heterocycles. The van der Waals surface area contributed by atoms with E-state index in [1.54, 1.807) is 0 Å². The molecule has 1 aliphatic rings. The van der Waals surface area contributed by atoms with Crippen LogP contribution in [0, 0.1) is 5.92 Å². The highest BCUT2D eigenvalue weighted by Gasteiger charge is 2.32. The van der Waals surface area contributed by atoms with Gasteiger partial charge in [-0.1, -0.05) is 0 Å². The monoisotopic (exact) mass is 341 g/mol. The number of hydrogen-bond donors (Lipinski definition) is 2. The summed E-state index contributed by atoms with van der Waals surface area (Å²) in [4.78, 5) is 3.98. The lowest BCUT2D eigenvalue weighted by atomic mass is 9.80. The summed E-state index contributed by atoms with van der Waals surface area (Å²) >= 11 is 0. The third-order valence-corrected chi connectivity index (χ3v) is 2.54. The van der Waals surface area contributed by atoms with E-state index in [9.17, 15) is 0 Å². The molecule has 0 aromatic heterocycles. The lowest BCUT2D eigenvalue weighted by molar-refractivity contribution is -0.112. The Bertz CT molecular complexity index is 228. The first-order chi connectivity index (χ1) is 6.87. The van der Waals surface area contributed by atoms with Gasteiger partial charge < -0.3 is 16.2 Å². The third-order valence-electron chi connectivity index (χ3n) is 2.54. The van der Waals surface area contributed by atoms with Gasteiger partial charge >= 0.3 is 0 Å². The Kier molecular flexibility index (Phi) is 6.62. The number of nitrogens with zero attached hydrogens (tertiary/aromatic N) is 1. The molecule has 5 heteroatoms. The first kappa shape index (κ1) is 16.0. The molecule has 0 amide bonds. The Morgan fingerprint density at radius 1 is 1.31 bits per heavy atom. The Morgan fingerprint density at radius 2 is 1.88 bits per heavy atom. The predicted octanol–water partition coefficient (Wildman–Crippen LogP) is 1.86. The van der Waals surface area contributed by atoms with Crippen molar-refractivity contribution in [1.29, 1.82) is 0 Å². The van der Waals surface area contributed by atoms with Crippen LogP contribution in [-0.4, -0.2) is 24.2 Å². The summed E-state index contributed by atoms with van der Waals surface area (Å²) in [5.74, 6) is 0.928. The van der Waals surface area contributed by atoms with Crippen molar-refractivity contribution in [2.45, 2.75) is 51.7 Å². The number of halogens is 1. The molecule has 0 atom stereocenters. The average Bonchev–Trinajstić information content (AvgIpc) is 1.96. The molecular weight excluding hydrogens is 317 g/mol. The maximum atomic E-state index is 5.85. The highest BCUT2D eigenvalue weighted by atomic mass is 127. The summed E-state index contributed by atoms with van der Waals surface area (Å²) in [6.07, 6.45) is 3.81. The second kappa shape index (κ2) is 6.64. The van der Waals surface area contributed by atoms with E-state index in [2.05, 4.69) is 25.8 Å². The van der Waals surface area contributed by atoms with Gasteiger partial charge in [-0.2, -0.15) is 0 Å². The van der Waals surface area contributed by atoms with Crippen LogP contribution >= 0.6 is 24.0 Å². The normalized spacial score (nSPS) is 24.2. The summed E-state index contributed by atoms with van der Waals surface area (Å²) in [5, 5.41) is 0. The molecule has 0 bridgehead atoms. The fourth-order valence-corrected chi connectivity index (χ4v) is 1.88. The van der Waals surface area contributed by atoms with Gasteiger partial charge in [-0.3, -0.25) is 4.99 Å². The maximum Gasteiger partial charge on any atom is 0.185 e. The van der Waals surface area contributed by atoms with Crippen LogP contribution in [0.25, 0.3) is 0 Å². The quantitative estimate of drug-likeness (QED) is 0.466. The minimum absolute atomic E-state index is 0. The van der Waals surface area contributed by atoms with E-state index >= 15 is 0 Å². The summed E-state index contributed by atoms with van der Waals surface area (Å²) < 4.78 is 5.85. The average molecular weight is 341 g/mol. The minimum atomic E-state index is -0.0184. The zero-order chi connectivity index (χ0) is 11.5. The predicted molar refractivity (Wildman–Crippen MR) is 78.1 cm³/mol. The van der Waals surface area contributed by atoms with Crippen LogP contribution in [0.1, 0.15) is 40.0 Å². The molecule has 0 spiro atoms. The third kappa shape index (κ3) is 6.52. The molecule has 1 aliphatic carbocycles. The Labute approximate surface area is 115 Å². The fraction of sp³-hybridized carbons (Fsp3) is 0.909. The highest BCUT2D eigenvalue weighted by molar-refractivity contribution is 14.0. The van der Waals surface area contributed by atoms with E-state index in [1.165, 1.54) is 0 Å². The molecule has 0 aromatic rings. The largest absolute Gasteiger partial charge is 0.373 e. The molecule has 1 saturated carbocycles. The van der Waals surface area contributed by atoms with E-state index in [1.807, 2.05) is 0 Å². The Hall–Kier alpha value is -0.0400. The minimum Gasteiger partial charge on any atom is -0.373 e. The molecule has 4 N–H and O–H groups in total. The fourth-order valence-electron chi connectivity index (χ4n) is 1.88. The summed E-state index contributed by atoms with van der Waals surface area (Å²) in [6, 6.07) is 0. The van der Waals surface area contributed by atoms with Crippen LogP contribution in [-0.2, 0) is 4.74 Å². The van der Waals surface area contributed by atoms with Gasteiger partial charge in [-0.25, -0.2) is 0 Å². The number of ether oxygens (including phenoxy) is 1. The molecule has 0 aromatic carbocycles. The number of nitrogens with two attached hydrogens (primary N) is 2. The van der Waals surface area contributed by atoms with Crippen molar-refractivity contribution < 1.29 is 4.74 Å². The van der Waals surface area contributed by atoms with Crippen molar-refractivity contribution in [2.24, 2.45) is 22.4 Å². The summed E-state index contributed by atoms with van der Waals surface area (Å²) in [6.45, 7) is 7.04. The van der Waals surface area contributed by atoms with Gasteiger partial charge in [0, 0.05) is 6.54 Å². The Morgan fingerprint density at radius 3 is 2.31 bits per heavy atom. The molecule has 0 unspecified atom stereocenters. The van der Waals surface area contributed by atoms with Crippen molar-refractivity contribution in [3.8, 4) is 0 Å². The van der Waals surface area contributed by atoms with Crippen LogP contribution in [0.15, 0.2) is 4.99 Å². The van der Waals surface area contributed by atoms with Crippen LogP contribution < -0.4 is 11.5 Å². The SMILES string of the molecule is CC(C)(C)OC1CC(CCN=C(N)N)C1.I. The van der Waals surface area contributed by atoms with Gasteiger partial charge in [-0.15, -0.1) is 24.0 Å². The van der Waals surface area contributed by atoms with Crippen molar-refractivity contribution in [3.05, 3.63) is 0 Å². The van der Waals surface area contributed by atoms with Gasteiger partial charge in [0.15, 0.2) is 5.96 Å². The topological polar surface area (TPSA) is 73.6 Å². The number of guanidine groups is 1. The zero-order valence-electron chi connectivity index (χ0n) is 10.4. The first-order valence-electron chi connectivity index (χ1n) is 5.60. The lowest BCUT2D eigenvalue weighted by Crippen LogP contribution is -2.37. The first-order valence-corrected chi connectivity index (χ1v) is 5.60. The van der Waals surface area contributed by atoms with E-state index in [0.29, 0.717) is 6.10 Å². The molecule has 1 rings (SSSR count). The second-order valence-electron chi connectivity index (χ2n) is 5.28. The molecule has 16 heavy (non-hydrogen) atoms. The van der Waals surface area contributed by atoms with E-state index in [-0.39, 0.29) is 35.5 Å². The summed E-state index contributed by atoms with van der Waals surface area (Å²) in [7, 11) is 0. The van der Waals surface area contributed by atoms with Gasteiger partial charge in [-0.05, 0) is 46.0 Å². The van der Waals surface area contributed by atoms with Crippen molar-refractivity contribution in [1.82, 2.24) is 0 Å². The molecule has 0 heterocycles. The molecule has 0 saturated heterocycles. The van der Waals surface area contributed by atoms with E-state index in [4.69, 9.17) is 16.2 Å². The van der Waals surface area contributed by atoms with Gasteiger partial charge in [0.2, 0.25) is 0 Å². The van der Waals surface area contributed by atoms with Crippen molar-refractivity contribution >= 4 is 29.9 Å². The van der Waals surface area contributed by atoms with E-state index in [0.717, 1.165) is 31.7 Å². The van der Waals surface area contributed by atoms with Crippen molar-refractivity contribution in [3.63, 3.8) is 0 Å². The molecule has 4 nitrogen and oxygen atoms in total. The number of rotatable bonds is 4. The van der Waals surface area contributed by atoms with Crippen molar-refractivity contribution in [2.75, 3.05) is 6.54 Å². The standard InChI is InChI=1S/C11H23N3O.HI/c1-11(2,3)15-9-6-8(7-9)4-5-14-10(12)13;/h8-9H,4-7H2,1-3H3,(H4,12,13,14);1H. The van der Waals surface area contributed by atoms with Crippen LogP contribution in [0.3, 0.4) is 0 Å². The lowest BCUT2D eigenvalue weighted by Gasteiger charge is -2.39. The molecule has 1 fully saturated rings. The van der Waals surface area contributed by atoms with Crippen LogP contribution in [0.4, 0.5) is 0 Å². The molecule has 96 valence electrons. The molecular formula is C11H24IN3O. The Balaban J connectivity index is 0.00000225. The smallest absolute Gasteiger partial charge is 0.185 e.